The highest BCUT2D eigenvalue weighted by Crippen LogP contribution is 2.21. The van der Waals surface area contributed by atoms with E-state index in [9.17, 15) is 0 Å². The maximum atomic E-state index is 8.75. The van der Waals surface area contributed by atoms with Gasteiger partial charge in [-0.15, -0.1) is 0 Å². The Labute approximate surface area is 117 Å². The zero-order valence-corrected chi connectivity index (χ0v) is 11.8. The Hall–Kier alpha value is -2.50. The highest BCUT2D eigenvalue weighted by Gasteiger charge is 2.10. The van der Waals surface area contributed by atoms with Crippen molar-refractivity contribution < 1.29 is 9.94 Å². The summed E-state index contributed by atoms with van der Waals surface area (Å²) in [4.78, 5) is 0. The van der Waals surface area contributed by atoms with Crippen molar-refractivity contribution in [3.63, 3.8) is 0 Å². The van der Waals surface area contributed by atoms with Gasteiger partial charge in [0.05, 0.1) is 24.9 Å². The molecule has 6 heteroatoms. The number of nitrogens with zero attached hydrogens (tertiary/aromatic N) is 3. The molecule has 3 N–H and O–H groups in total. The van der Waals surface area contributed by atoms with E-state index in [1.165, 1.54) is 0 Å². The third kappa shape index (κ3) is 2.74. The third-order valence-corrected chi connectivity index (χ3v) is 3.09. The summed E-state index contributed by atoms with van der Waals surface area (Å²) in [7, 11) is 1.55. The molecule has 0 amide bonds. The van der Waals surface area contributed by atoms with Crippen LogP contribution in [-0.4, -0.2) is 27.9 Å². The topological polar surface area (TPSA) is 85.7 Å². The summed E-state index contributed by atoms with van der Waals surface area (Å²) in [5, 5.41) is 16.2. The number of methoxy groups -OCH3 is 1. The molecule has 106 valence electrons. The molecule has 0 aliphatic carbocycles. The molecule has 0 saturated heterocycles. The maximum absolute atomic E-state index is 8.75. The molecule has 0 bridgehead atoms. The molecule has 0 aliphatic heterocycles. The summed E-state index contributed by atoms with van der Waals surface area (Å²) in [6.45, 7) is 4.63. The lowest BCUT2D eigenvalue weighted by molar-refractivity contribution is 0.318. The van der Waals surface area contributed by atoms with Gasteiger partial charge in [0.1, 0.15) is 5.75 Å². The number of aryl methyl sites for hydroxylation is 2. The smallest absolute Gasteiger partial charge is 0.173 e. The van der Waals surface area contributed by atoms with E-state index in [2.05, 4.69) is 10.3 Å². The largest absolute Gasteiger partial charge is 0.496 e. The average Bonchev–Trinajstić information content (AvgIpc) is 2.75. The minimum absolute atomic E-state index is 0.0273. The standard InChI is InChI=1S/C14H18N4O2/c1-9-6-10(2)18(16-9)8-11-4-5-12(14(15)17-19)13(7-11)20-3/h4-7,19H,8H2,1-3H3,(H2,15,17). The Morgan fingerprint density at radius 1 is 1.40 bits per heavy atom. The summed E-state index contributed by atoms with van der Waals surface area (Å²) in [6.07, 6.45) is 0. The minimum Gasteiger partial charge on any atom is -0.496 e. The van der Waals surface area contributed by atoms with Gasteiger partial charge in [-0.05, 0) is 37.6 Å². The zero-order chi connectivity index (χ0) is 14.7. The van der Waals surface area contributed by atoms with Gasteiger partial charge in [0.25, 0.3) is 0 Å². The van der Waals surface area contributed by atoms with Crippen LogP contribution in [0.25, 0.3) is 0 Å². The van der Waals surface area contributed by atoms with E-state index in [1.807, 2.05) is 36.7 Å². The molecular weight excluding hydrogens is 256 g/mol. The molecule has 2 rings (SSSR count). The Bertz CT molecular complexity index is 647. The average molecular weight is 274 g/mol. The van der Waals surface area contributed by atoms with Crippen LogP contribution in [0.2, 0.25) is 0 Å². The van der Waals surface area contributed by atoms with E-state index in [0.29, 0.717) is 17.9 Å². The molecule has 0 saturated carbocycles. The Morgan fingerprint density at radius 3 is 2.70 bits per heavy atom. The lowest BCUT2D eigenvalue weighted by atomic mass is 10.1. The van der Waals surface area contributed by atoms with Gasteiger partial charge in [-0.3, -0.25) is 4.68 Å². The van der Waals surface area contributed by atoms with Gasteiger partial charge in [0, 0.05) is 5.69 Å². The zero-order valence-electron chi connectivity index (χ0n) is 11.8. The van der Waals surface area contributed by atoms with Gasteiger partial charge in [-0.25, -0.2) is 0 Å². The van der Waals surface area contributed by atoms with E-state index in [-0.39, 0.29) is 5.84 Å². The fraction of sp³-hybridized carbons (Fsp3) is 0.286. The molecule has 0 unspecified atom stereocenters. The van der Waals surface area contributed by atoms with Crippen molar-refractivity contribution in [2.24, 2.45) is 10.9 Å². The SMILES string of the molecule is COc1cc(Cn2nc(C)cc2C)ccc1/C(N)=N/O. The van der Waals surface area contributed by atoms with E-state index in [1.54, 1.807) is 13.2 Å². The Kier molecular flexibility index (Phi) is 3.93. The molecule has 20 heavy (non-hydrogen) atoms. The normalized spacial score (nSPS) is 11.7. The van der Waals surface area contributed by atoms with Gasteiger partial charge < -0.3 is 15.7 Å². The lowest BCUT2D eigenvalue weighted by Crippen LogP contribution is -2.15. The molecule has 1 aromatic heterocycles. The summed E-state index contributed by atoms with van der Waals surface area (Å²) in [6, 6.07) is 7.58. The molecule has 1 aromatic carbocycles. The third-order valence-electron chi connectivity index (χ3n) is 3.09. The van der Waals surface area contributed by atoms with Gasteiger partial charge >= 0.3 is 0 Å². The molecule has 1 heterocycles. The monoisotopic (exact) mass is 274 g/mol. The number of nitrogens with two attached hydrogens (primary N) is 1. The van der Waals surface area contributed by atoms with E-state index in [4.69, 9.17) is 15.7 Å². The van der Waals surface area contributed by atoms with Crippen molar-refractivity contribution in [3.05, 3.63) is 46.8 Å². The van der Waals surface area contributed by atoms with Crippen molar-refractivity contribution in [3.8, 4) is 5.75 Å². The molecular formula is C14H18N4O2. The second kappa shape index (κ2) is 5.64. The first-order valence-corrected chi connectivity index (χ1v) is 6.21. The van der Waals surface area contributed by atoms with Crippen molar-refractivity contribution in [1.82, 2.24) is 9.78 Å². The summed E-state index contributed by atoms with van der Waals surface area (Å²) < 4.78 is 7.20. The second-order valence-electron chi connectivity index (χ2n) is 4.60. The highest BCUT2D eigenvalue weighted by molar-refractivity contribution is 5.99. The first-order chi connectivity index (χ1) is 9.55. The Morgan fingerprint density at radius 2 is 2.15 bits per heavy atom. The van der Waals surface area contributed by atoms with Crippen LogP contribution >= 0.6 is 0 Å². The van der Waals surface area contributed by atoms with Crippen LogP contribution in [0.15, 0.2) is 29.4 Å². The van der Waals surface area contributed by atoms with Gasteiger partial charge in [0.15, 0.2) is 5.84 Å². The van der Waals surface area contributed by atoms with Crippen molar-refractivity contribution in [2.45, 2.75) is 20.4 Å². The molecule has 0 aliphatic rings. The van der Waals surface area contributed by atoms with Gasteiger partial charge in [-0.1, -0.05) is 11.2 Å². The maximum Gasteiger partial charge on any atom is 0.173 e. The van der Waals surface area contributed by atoms with Crippen LogP contribution in [0.1, 0.15) is 22.5 Å². The summed E-state index contributed by atoms with van der Waals surface area (Å²) in [5.41, 5.74) is 9.28. The van der Waals surface area contributed by atoms with E-state index < -0.39 is 0 Å². The fourth-order valence-corrected chi connectivity index (χ4v) is 2.11. The fourth-order valence-electron chi connectivity index (χ4n) is 2.11. The van der Waals surface area contributed by atoms with Crippen molar-refractivity contribution >= 4 is 5.84 Å². The molecule has 0 fully saturated rings. The number of ether oxygens (including phenoxy) is 1. The first kappa shape index (κ1) is 13.9. The number of hydrogen-bond donors (Lipinski definition) is 2. The summed E-state index contributed by atoms with van der Waals surface area (Å²) >= 11 is 0. The van der Waals surface area contributed by atoms with E-state index in [0.717, 1.165) is 17.0 Å². The number of rotatable bonds is 4. The van der Waals surface area contributed by atoms with Crippen LogP contribution in [-0.2, 0) is 6.54 Å². The van der Waals surface area contributed by atoms with Gasteiger partial charge in [0.2, 0.25) is 0 Å². The predicted octanol–water partition coefficient (Wildman–Crippen LogP) is 1.65. The number of aromatic nitrogens is 2. The molecule has 2 aromatic rings. The quantitative estimate of drug-likeness (QED) is 0.384. The van der Waals surface area contributed by atoms with Crippen LogP contribution < -0.4 is 10.5 Å². The second-order valence-corrected chi connectivity index (χ2v) is 4.60. The van der Waals surface area contributed by atoms with Crippen molar-refractivity contribution in [1.29, 1.82) is 0 Å². The number of benzene rings is 1. The van der Waals surface area contributed by atoms with Crippen molar-refractivity contribution in [2.75, 3.05) is 7.11 Å². The van der Waals surface area contributed by atoms with E-state index >= 15 is 0 Å². The molecule has 0 spiro atoms. The molecule has 0 atom stereocenters. The van der Waals surface area contributed by atoms with Crippen LogP contribution in [0.5, 0.6) is 5.75 Å². The van der Waals surface area contributed by atoms with Gasteiger partial charge in [-0.2, -0.15) is 5.10 Å². The lowest BCUT2D eigenvalue weighted by Gasteiger charge is -2.10. The Balaban J connectivity index is 2.32. The molecule has 6 nitrogen and oxygen atoms in total. The minimum atomic E-state index is 0.0273. The highest BCUT2D eigenvalue weighted by atomic mass is 16.5. The number of oxime groups is 1. The number of hydrogen-bond acceptors (Lipinski definition) is 4. The van der Waals surface area contributed by atoms with Crippen LogP contribution in [0.3, 0.4) is 0 Å². The first-order valence-electron chi connectivity index (χ1n) is 6.21. The summed E-state index contributed by atoms with van der Waals surface area (Å²) in [5.74, 6) is 0.596. The molecule has 0 radical (unpaired) electrons. The predicted molar refractivity (Wildman–Crippen MR) is 76.3 cm³/mol. The van der Waals surface area contributed by atoms with Crippen LogP contribution in [0, 0.1) is 13.8 Å². The number of amidine groups is 1. The van der Waals surface area contributed by atoms with Crippen LogP contribution in [0.4, 0.5) is 0 Å².